The molecule has 35 heavy (non-hydrogen) atoms. The Morgan fingerprint density at radius 3 is 2.51 bits per heavy atom. The van der Waals surface area contributed by atoms with Gasteiger partial charge in [-0.25, -0.2) is 14.6 Å². The smallest absolute Gasteiger partial charge is 0.356 e. The number of esters is 2. The summed E-state index contributed by atoms with van der Waals surface area (Å²) < 4.78 is 16.1. The minimum Gasteiger partial charge on any atom is -0.464 e. The number of nitrogens with zero attached hydrogens (tertiary/aromatic N) is 2. The number of rotatable bonds is 8. The maximum Gasteiger partial charge on any atom is 0.356 e. The number of aromatic amines is 1. The number of amides is 1. The highest BCUT2D eigenvalue weighted by atomic mass is 16.6. The van der Waals surface area contributed by atoms with Crippen molar-refractivity contribution >= 4 is 17.8 Å². The van der Waals surface area contributed by atoms with Crippen molar-refractivity contribution in [3.8, 4) is 22.7 Å². The molecule has 0 aliphatic carbocycles. The van der Waals surface area contributed by atoms with Crippen LogP contribution in [0.25, 0.3) is 22.7 Å². The number of ether oxygens (including phenoxy) is 2. The minimum atomic E-state index is -0.807. The monoisotopic (exact) mass is 482 g/mol. The van der Waals surface area contributed by atoms with E-state index in [2.05, 4.69) is 20.5 Å². The predicted octanol–water partition coefficient (Wildman–Crippen LogP) is 4.00. The molecule has 0 radical (unpaired) electrons. The van der Waals surface area contributed by atoms with E-state index >= 15 is 0 Å². The van der Waals surface area contributed by atoms with Crippen molar-refractivity contribution in [3.63, 3.8) is 0 Å². The number of benzene rings is 1. The van der Waals surface area contributed by atoms with E-state index in [1.807, 2.05) is 19.9 Å². The average Bonchev–Trinajstić information content (AvgIpc) is 3.46. The highest BCUT2D eigenvalue weighted by Crippen LogP contribution is 2.26. The van der Waals surface area contributed by atoms with Gasteiger partial charge in [0, 0.05) is 11.1 Å². The van der Waals surface area contributed by atoms with E-state index < -0.39 is 29.5 Å². The van der Waals surface area contributed by atoms with Gasteiger partial charge in [-0.3, -0.25) is 9.89 Å². The molecule has 2 aromatic heterocycles. The van der Waals surface area contributed by atoms with Crippen LogP contribution in [0.1, 0.15) is 62.6 Å². The Kier molecular flexibility index (Phi) is 7.73. The third kappa shape index (κ3) is 6.56. The maximum atomic E-state index is 12.7. The molecule has 0 aliphatic rings. The first kappa shape index (κ1) is 25.7. The molecule has 2 heterocycles. The van der Waals surface area contributed by atoms with Gasteiger partial charge >= 0.3 is 11.9 Å². The largest absolute Gasteiger partial charge is 0.464 e. The molecule has 1 amide bonds. The van der Waals surface area contributed by atoms with Gasteiger partial charge in [-0.1, -0.05) is 26.0 Å². The van der Waals surface area contributed by atoms with Gasteiger partial charge in [-0.05, 0) is 51.8 Å². The van der Waals surface area contributed by atoms with Gasteiger partial charge in [0.25, 0.3) is 5.91 Å². The highest BCUT2D eigenvalue weighted by molar-refractivity contribution is 5.94. The van der Waals surface area contributed by atoms with Crippen LogP contribution in [0.5, 0.6) is 0 Å². The first-order valence-corrected chi connectivity index (χ1v) is 11.3. The number of carbonyl (C=O) groups excluding carboxylic acids is 3. The quantitative estimate of drug-likeness (QED) is 0.460. The molecule has 3 rings (SSSR count). The van der Waals surface area contributed by atoms with Crippen molar-refractivity contribution in [2.24, 2.45) is 5.92 Å². The fourth-order valence-electron chi connectivity index (χ4n) is 3.17. The number of aromatic nitrogens is 3. The fraction of sp³-hybridized carbons (Fsp3) is 0.400. The second-order valence-corrected chi connectivity index (χ2v) is 9.23. The van der Waals surface area contributed by atoms with Crippen LogP contribution >= 0.6 is 0 Å². The van der Waals surface area contributed by atoms with Gasteiger partial charge < -0.3 is 19.2 Å². The van der Waals surface area contributed by atoms with Crippen LogP contribution in [0.4, 0.5) is 0 Å². The first-order chi connectivity index (χ1) is 16.5. The zero-order chi connectivity index (χ0) is 25.8. The van der Waals surface area contributed by atoms with Gasteiger partial charge in [0.1, 0.15) is 17.3 Å². The van der Waals surface area contributed by atoms with E-state index in [1.54, 1.807) is 52.0 Å². The lowest BCUT2D eigenvalue weighted by atomic mass is 10.0. The Morgan fingerprint density at radius 1 is 1.14 bits per heavy atom. The van der Waals surface area contributed by atoms with E-state index in [1.165, 1.54) is 6.20 Å². The summed E-state index contributed by atoms with van der Waals surface area (Å²) in [7, 11) is 0. The van der Waals surface area contributed by atoms with Crippen LogP contribution in [-0.2, 0) is 14.3 Å². The molecule has 0 saturated carbocycles. The normalized spacial score (nSPS) is 12.3. The number of hydrogen-bond acceptors (Lipinski definition) is 8. The van der Waals surface area contributed by atoms with Gasteiger partial charge in [0.15, 0.2) is 0 Å². The van der Waals surface area contributed by atoms with Crippen molar-refractivity contribution in [1.82, 2.24) is 20.5 Å². The van der Waals surface area contributed by atoms with E-state index in [0.717, 1.165) is 0 Å². The molecule has 0 unspecified atom stereocenters. The third-order valence-electron chi connectivity index (χ3n) is 4.83. The summed E-state index contributed by atoms with van der Waals surface area (Å²) in [4.78, 5) is 41.3. The molecule has 0 fully saturated rings. The number of hydrogen-bond donors (Lipinski definition) is 2. The van der Waals surface area contributed by atoms with Crippen LogP contribution in [-0.4, -0.2) is 51.3 Å². The summed E-state index contributed by atoms with van der Waals surface area (Å²) in [5.74, 6) is -1.56. The van der Waals surface area contributed by atoms with Crippen molar-refractivity contribution in [1.29, 1.82) is 0 Å². The number of nitrogens with one attached hydrogen (secondary N) is 2. The molecule has 186 valence electrons. The summed E-state index contributed by atoms with van der Waals surface area (Å²) in [5, 5.41) is 9.54. The summed E-state index contributed by atoms with van der Waals surface area (Å²) >= 11 is 0. The Balaban J connectivity index is 1.77. The maximum absolute atomic E-state index is 12.7. The predicted molar refractivity (Wildman–Crippen MR) is 127 cm³/mol. The molecular formula is C25H30N4O6. The lowest BCUT2D eigenvalue weighted by Crippen LogP contribution is -2.45. The minimum absolute atomic E-state index is 0.0349. The SMILES string of the molecule is CCOC(=O)[C@@H](NC(=O)c1cnc(-c2cccc(-c3cc(C(=O)OC(C)(C)C)[nH]n3)c2)o1)C(C)C. The Labute approximate surface area is 203 Å². The second-order valence-electron chi connectivity index (χ2n) is 9.23. The second kappa shape index (κ2) is 10.5. The molecule has 1 atom stereocenters. The summed E-state index contributed by atoms with van der Waals surface area (Å²) in [6, 6.07) is 7.95. The van der Waals surface area contributed by atoms with E-state index in [4.69, 9.17) is 13.9 Å². The Hall–Kier alpha value is -3.95. The van der Waals surface area contributed by atoms with E-state index in [9.17, 15) is 14.4 Å². The average molecular weight is 483 g/mol. The van der Waals surface area contributed by atoms with Crippen molar-refractivity contribution in [3.05, 3.63) is 48.0 Å². The Bertz CT molecular complexity index is 1200. The number of carbonyl (C=O) groups is 3. The van der Waals surface area contributed by atoms with Gasteiger partial charge in [0.2, 0.25) is 11.7 Å². The molecule has 2 N–H and O–H groups in total. The molecular weight excluding hydrogens is 452 g/mol. The number of oxazole rings is 1. The molecule has 10 nitrogen and oxygen atoms in total. The van der Waals surface area contributed by atoms with Crippen LogP contribution < -0.4 is 5.32 Å². The molecule has 3 aromatic rings. The van der Waals surface area contributed by atoms with Gasteiger partial charge in [0.05, 0.1) is 18.5 Å². The van der Waals surface area contributed by atoms with Crippen LogP contribution in [0, 0.1) is 5.92 Å². The first-order valence-electron chi connectivity index (χ1n) is 11.3. The zero-order valence-corrected chi connectivity index (χ0v) is 20.7. The zero-order valence-electron chi connectivity index (χ0n) is 20.7. The standard InChI is InChI=1S/C25H30N4O6/c1-7-33-24(32)20(14(2)3)27-21(30)19-13-26-22(34-19)16-10-8-9-15(11-16)17-12-18(29-28-17)23(31)35-25(4,5)6/h8-14,20H,7H2,1-6H3,(H,27,30)(H,28,29)/t20-/m0/s1. The van der Waals surface area contributed by atoms with Gasteiger partial charge in [-0.15, -0.1) is 0 Å². The fourth-order valence-corrected chi connectivity index (χ4v) is 3.17. The van der Waals surface area contributed by atoms with Crippen LogP contribution in [0.2, 0.25) is 0 Å². The van der Waals surface area contributed by atoms with Gasteiger partial charge in [-0.2, -0.15) is 5.10 Å². The summed E-state index contributed by atoms with van der Waals surface area (Å²) in [5.41, 5.74) is 1.46. The van der Waals surface area contributed by atoms with Crippen molar-refractivity contribution in [2.75, 3.05) is 6.61 Å². The Morgan fingerprint density at radius 2 is 1.86 bits per heavy atom. The highest BCUT2D eigenvalue weighted by Gasteiger charge is 2.27. The molecule has 0 aliphatic heterocycles. The van der Waals surface area contributed by atoms with Crippen LogP contribution in [0.3, 0.4) is 0 Å². The molecule has 0 spiro atoms. The summed E-state index contributed by atoms with van der Waals surface area (Å²) in [6.45, 7) is 10.9. The molecule has 10 heteroatoms. The van der Waals surface area contributed by atoms with Crippen molar-refractivity contribution in [2.45, 2.75) is 53.2 Å². The number of H-pyrrole nitrogens is 1. The molecule has 0 saturated heterocycles. The lowest BCUT2D eigenvalue weighted by Gasteiger charge is -2.19. The molecule has 1 aromatic carbocycles. The van der Waals surface area contributed by atoms with Crippen molar-refractivity contribution < 1.29 is 28.3 Å². The van der Waals surface area contributed by atoms with Crippen LogP contribution in [0.15, 0.2) is 40.9 Å². The van der Waals surface area contributed by atoms with E-state index in [-0.39, 0.29) is 29.9 Å². The van der Waals surface area contributed by atoms with E-state index in [0.29, 0.717) is 16.8 Å². The molecule has 0 bridgehead atoms. The third-order valence-corrected chi connectivity index (χ3v) is 4.83. The lowest BCUT2D eigenvalue weighted by molar-refractivity contribution is -0.146. The summed E-state index contributed by atoms with van der Waals surface area (Å²) in [6.07, 6.45) is 1.30. The topological polar surface area (TPSA) is 136 Å².